The van der Waals surface area contributed by atoms with Gasteiger partial charge in [-0.15, -0.1) is 0 Å². The Hall–Kier alpha value is -4.32. The first-order chi connectivity index (χ1) is 20.3. The summed E-state index contributed by atoms with van der Waals surface area (Å²) in [5.74, 6) is 0.358. The first kappa shape index (κ1) is 32.6. The summed E-state index contributed by atoms with van der Waals surface area (Å²) in [5, 5.41) is 35.2. The Morgan fingerprint density at radius 3 is 1.50 bits per heavy atom. The van der Waals surface area contributed by atoms with E-state index in [1.807, 2.05) is 24.3 Å². The van der Waals surface area contributed by atoms with Crippen molar-refractivity contribution in [3.8, 4) is 11.5 Å². The zero-order valence-corrected chi connectivity index (χ0v) is 28.0. The first-order valence-electron chi connectivity index (χ1n) is 15.3. The van der Waals surface area contributed by atoms with Crippen LogP contribution in [0, 0.1) is 0 Å². The minimum atomic E-state index is -0.353. The van der Waals surface area contributed by atoms with Crippen LogP contribution in [0.4, 0.5) is 34.1 Å². The Bertz CT molecular complexity index is 1580. The largest absolute Gasteiger partial charge is 0.508 e. The van der Waals surface area contributed by atoms with Gasteiger partial charge in [-0.25, -0.2) is 0 Å². The minimum Gasteiger partial charge on any atom is -0.508 e. The number of phenolic OH excluding ortho intramolecular Hbond substituents is 2. The molecule has 0 bridgehead atoms. The van der Waals surface area contributed by atoms with E-state index < -0.39 is 0 Å². The molecule has 234 valence electrons. The molecule has 0 amide bonds. The molecule has 0 saturated carbocycles. The van der Waals surface area contributed by atoms with Crippen molar-refractivity contribution in [2.45, 2.75) is 91.1 Å². The number of rotatable bonds is 9. The van der Waals surface area contributed by atoms with E-state index in [9.17, 15) is 10.2 Å². The van der Waals surface area contributed by atoms with Gasteiger partial charge in [0, 0.05) is 57.1 Å². The summed E-state index contributed by atoms with van der Waals surface area (Å²) in [6, 6.07) is 28.0. The molecule has 0 fully saturated rings. The second-order valence-electron chi connectivity index (χ2n) is 14.9. The molecule has 4 rings (SSSR count). The fraction of sp³-hybridized carbons (Fsp3) is 0.368. The quantitative estimate of drug-likeness (QED) is 0.108. The molecular weight excluding hydrogens is 544 g/mol. The predicted molar refractivity (Wildman–Crippen MR) is 188 cm³/mol. The summed E-state index contributed by atoms with van der Waals surface area (Å²) in [7, 11) is 0. The van der Waals surface area contributed by atoms with E-state index >= 15 is 0 Å². The Morgan fingerprint density at radius 1 is 0.477 bits per heavy atom. The molecule has 0 saturated heterocycles. The van der Waals surface area contributed by atoms with Crippen LogP contribution in [0.25, 0.3) is 0 Å². The van der Waals surface area contributed by atoms with Crippen LogP contribution in [0.2, 0.25) is 0 Å². The summed E-state index contributed by atoms with van der Waals surface area (Å²) >= 11 is 0. The number of hydrogen-bond acceptors (Lipinski definition) is 6. The van der Waals surface area contributed by atoms with Crippen LogP contribution in [0.1, 0.15) is 80.4 Å². The van der Waals surface area contributed by atoms with Gasteiger partial charge < -0.3 is 31.5 Å². The molecular formula is C38H50N4O2. The van der Waals surface area contributed by atoms with E-state index in [1.54, 1.807) is 12.1 Å². The van der Waals surface area contributed by atoms with Crippen LogP contribution in [-0.2, 0) is 10.8 Å². The van der Waals surface area contributed by atoms with Crippen molar-refractivity contribution < 1.29 is 10.2 Å². The molecule has 0 heterocycles. The van der Waals surface area contributed by atoms with Gasteiger partial charge >= 0.3 is 0 Å². The van der Waals surface area contributed by atoms with E-state index in [2.05, 4.69) is 139 Å². The van der Waals surface area contributed by atoms with Crippen molar-refractivity contribution in [1.29, 1.82) is 0 Å². The maximum atomic E-state index is 10.9. The Morgan fingerprint density at radius 2 is 0.977 bits per heavy atom. The molecule has 0 aromatic heterocycles. The Balaban J connectivity index is 1.43. The van der Waals surface area contributed by atoms with E-state index in [0.717, 1.165) is 28.3 Å². The molecule has 4 aromatic carbocycles. The van der Waals surface area contributed by atoms with Crippen molar-refractivity contribution in [2.75, 3.05) is 21.3 Å². The third kappa shape index (κ3) is 7.79. The van der Waals surface area contributed by atoms with E-state index in [0.29, 0.717) is 11.4 Å². The van der Waals surface area contributed by atoms with Gasteiger partial charge in [-0.3, -0.25) is 0 Å². The molecule has 0 unspecified atom stereocenters. The van der Waals surface area contributed by atoms with Crippen LogP contribution >= 0.6 is 0 Å². The van der Waals surface area contributed by atoms with Gasteiger partial charge in [-0.05, 0) is 106 Å². The standard InChI is InChI=1S/C38H50N4O2/c1-35(2,3)31-21-19-29(23-33(31)43)40-32-22-20-30(24-34(32)44)42-38(9,10)37(7,8)25-11-13-26(14-12-25)39-27-15-17-28(18-16-27)41-36(4,5)6/h11-24,39-44H,1-10H3. The van der Waals surface area contributed by atoms with Crippen molar-refractivity contribution in [3.63, 3.8) is 0 Å². The average molecular weight is 595 g/mol. The fourth-order valence-electron chi connectivity index (χ4n) is 5.20. The highest BCUT2D eigenvalue weighted by Gasteiger charge is 2.38. The van der Waals surface area contributed by atoms with Crippen molar-refractivity contribution in [1.82, 2.24) is 0 Å². The highest BCUT2D eigenvalue weighted by atomic mass is 16.3. The van der Waals surface area contributed by atoms with Crippen LogP contribution < -0.4 is 21.3 Å². The number of nitrogens with one attached hydrogen (secondary N) is 4. The molecule has 6 N–H and O–H groups in total. The smallest absolute Gasteiger partial charge is 0.141 e. The lowest BCUT2D eigenvalue weighted by molar-refractivity contribution is 0.334. The third-order valence-corrected chi connectivity index (χ3v) is 8.40. The molecule has 0 spiro atoms. The lowest BCUT2D eigenvalue weighted by Gasteiger charge is -2.43. The number of benzene rings is 4. The summed E-state index contributed by atoms with van der Waals surface area (Å²) in [5.41, 5.74) is 6.60. The fourth-order valence-corrected chi connectivity index (χ4v) is 5.20. The maximum absolute atomic E-state index is 10.9. The van der Waals surface area contributed by atoms with Crippen molar-refractivity contribution >= 4 is 34.1 Å². The maximum Gasteiger partial charge on any atom is 0.141 e. The van der Waals surface area contributed by atoms with Crippen molar-refractivity contribution in [2.24, 2.45) is 0 Å². The lowest BCUT2D eigenvalue weighted by Crippen LogP contribution is -2.49. The predicted octanol–water partition coefficient (Wildman–Crippen LogP) is 10.3. The highest BCUT2D eigenvalue weighted by Crippen LogP contribution is 2.40. The van der Waals surface area contributed by atoms with Crippen LogP contribution in [0.15, 0.2) is 84.9 Å². The zero-order valence-electron chi connectivity index (χ0n) is 28.0. The van der Waals surface area contributed by atoms with Gasteiger partial charge in [0.05, 0.1) is 5.69 Å². The van der Waals surface area contributed by atoms with Crippen LogP contribution in [-0.4, -0.2) is 21.3 Å². The van der Waals surface area contributed by atoms with Gasteiger partial charge in [0.1, 0.15) is 11.5 Å². The molecule has 0 atom stereocenters. The molecule has 4 aromatic rings. The monoisotopic (exact) mass is 594 g/mol. The Labute approximate surface area is 263 Å². The second-order valence-corrected chi connectivity index (χ2v) is 14.9. The molecule has 0 aliphatic carbocycles. The van der Waals surface area contributed by atoms with Gasteiger partial charge in [0.25, 0.3) is 0 Å². The number of phenols is 2. The number of aromatic hydroxyl groups is 2. The SMILES string of the molecule is CC(C)(C)Nc1ccc(Nc2ccc(C(C)(C)C(C)(C)Nc3ccc(Nc4ccc(C(C)(C)C)c(O)c4)c(O)c3)cc2)cc1. The molecule has 6 heteroatoms. The average Bonchev–Trinajstić information content (AvgIpc) is 2.90. The molecule has 44 heavy (non-hydrogen) atoms. The summed E-state index contributed by atoms with van der Waals surface area (Å²) < 4.78 is 0. The summed E-state index contributed by atoms with van der Waals surface area (Å²) in [4.78, 5) is 0. The van der Waals surface area contributed by atoms with Crippen molar-refractivity contribution in [3.05, 3.63) is 96.1 Å². The normalized spacial score (nSPS) is 12.5. The number of hydrogen-bond donors (Lipinski definition) is 6. The van der Waals surface area contributed by atoms with Gasteiger partial charge in [-0.1, -0.05) is 52.8 Å². The first-order valence-corrected chi connectivity index (χ1v) is 15.3. The van der Waals surface area contributed by atoms with Gasteiger partial charge in [0.2, 0.25) is 0 Å². The van der Waals surface area contributed by atoms with Crippen LogP contribution in [0.5, 0.6) is 11.5 Å². The van der Waals surface area contributed by atoms with E-state index in [4.69, 9.17) is 0 Å². The zero-order chi connectivity index (χ0) is 32.5. The van der Waals surface area contributed by atoms with Crippen LogP contribution in [0.3, 0.4) is 0 Å². The molecule has 0 aliphatic rings. The summed E-state index contributed by atoms with van der Waals surface area (Å²) in [6.07, 6.45) is 0. The Kier molecular flexibility index (Phi) is 8.88. The second kappa shape index (κ2) is 12.0. The van der Waals surface area contributed by atoms with E-state index in [1.165, 1.54) is 5.56 Å². The molecule has 0 radical (unpaired) electrons. The minimum absolute atomic E-state index is 0.0201. The lowest BCUT2D eigenvalue weighted by atomic mass is 9.69. The summed E-state index contributed by atoms with van der Waals surface area (Å²) in [6.45, 7) is 21.5. The molecule has 6 nitrogen and oxygen atoms in total. The number of anilines is 6. The van der Waals surface area contributed by atoms with Gasteiger partial charge in [-0.2, -0.15) is 0 Å². The van der Waals surface area contributed by atoms with Gasteiger partial charge in [0.15, 0.2) is 0 Å². The molecule has 0 aliphatic heterocycles. The topological polar surface area (TPSA) is 88.6 Å². The van der Waals surface area contributed by atoms with E-state index in [-0.39, 0.29) is 33.4 Å². The highest BCUT2D eigenvalue weighted by molar-refractivity contribution is 5.71. The third-order valence-electron chi connectivity index (χ3n) is 8.40.